The molecule has 18 heavy (non-hydrogen) atoms. The number of esters is 1. The Bertz CT molecular complexity index is 465. The average Bonchev–Trinajstić information content (AvgIpc) is 2.38. The van der Waals surface area contributed by atoms with Crippen LogP contribution in [0.1, 0.15) is 17.3 Å². The van der Waals surface area contributed by atoms with E-state index in [1.54, 1.807) is 25.1 Å². The summed E-state index contributed by atoms with van der Waals surface area (Å²) in [6.07, 6.45) is 0. The summed E-state index contributed by atoms with van der Waals surface area (Å²) in [5, 5.41) is 0.454. The predicted octanol–water partition coefficient (Wildman–Crippen LogP) is 2.74. The number of amides is 1. The van der Waals surface area contributed by atoms with Gasteiger partial charge >= 0.3 is 5.97 Å². The molecule has 0 aromatic heterocycles. The molecule has 0 atom stereocenters. The van der Waals surface area contributed by atoms with Crippen molar-refractivity contribution in [2.75, 3.05) is 20.2 Å². The van der Waals surface area contributed by atoms with Crippen LogP contribution in [0.4, 0.5) is 0 Å². The highest BCUT2D eigenvalue weighted by Gasteiger charge is 2.18. The lowest BCUT2D eigenvalue weighted by atomic mass is 10.2. The second-order valence-corrected chi connectivity index (χ2v) is 4.79. The Morgan fingerprint density at radius 2 is 2.11 bits per heavy atom. The number of hydrogen-bond donors (Lipinski definition) is 0. The molecule has 0 fully saturated rings. The van der Waals surface area contributed by atoms with Crippen molar-refractivity contribution in [1.29, 1.82) is 0 Å². The van der Waals surface area contributed by atoms with Gasteiger partial charge in [-0.1, -0.05) is 11.6 Å². The molecule has 0 bridgehead atoms. The van der Waals surface area contributed by atoms with E-state index in [0.717, 1.165) is 4.47 Å². The number of carbonyl (C=O) groups excluding carboxylic acids is 2. The van der Waals surface area contributed by atoms with Crippen molar-refractivity contribution in [3.05, 3.63) is 33.3 Å². The standard InChI is InChI=1S/C12H13BrClNO3/c1-3-15(7-11(16)18-2)12(17)8-4-5-9(13)10(14)6-8/h4-6H,3,7H2,1-2H3. The van der Waals surface area contributed by atoms with Gasteiger partial charge < -0.3 is 9.64 Å². The number of halogens is 2. The topological polar surface area (TPSA) is 46.6 Å². The van der Waals surface area contributed by atoms with Crippen LogP contribution in [0, 0.1) is 0 Å². The zero-order chi connectivity index (χ0) is 13.7. The van der Waals surface area contributed by atoms with Gasteiger partial charge in [-0.05, 0) is 41.1 Å². The minimum Gasteiger partial charge on any atom is -0.468 e. The number of nitrogens with zero attached hydrogens (tertiary/aromatic N) is 1. The number of rotatable bonds is 4. The Hall–Kier alpha value is -1.07. The van der Waals surface area contributed by atoms with Gasteiger partial charge in [0, 0.05) is 16.6 Å². The highest BCUT2D eigenvalue weighted by Crippen LogP contribution is 2.23. The summed E-state index contributed by atoms with van der Waals surface area (Å²) in [4.78, 5) is 24.7. The van der Waals surface area contributed by atoms with Crippen LogP contribution in [0.3, 0.4) is 0 Å². The summed E-state index contributed by atoms with van der Waals surface area (Å²) >= 11 is 9.18. The fraction of sp³-hybridized carbons (Fsp3) is 0.333. The maximum atomic E-state index is 12.1. The first-order valence-corrected chi connectivity index (χ1v) is 6.47. The Balaban J connectivity index is 2.89. The van der Waals surface area contributed by atoms with E-state index >= 15 is 0 Å². The van der Waals surface area contributed by atoms with Gasteiger partial charge in [0.05, 0.1) is 12.1 Å². The highest BCUT2D eigenvalue weighted by atomic mass is 79.9. The molecule has 1 aromatic rings. The highest BCUT2D eigenvalue weighted by molar-refractivity contribution is 9.10. The second kappa shape index (κ2) is 6.75. The largest absolute Gasteiger partial charge is 0.468 e. The van der Waals surface area contributed by atoms with E-state index in [1.807, 2.05) is 0 Å². The molecule has 0 heterocycles. The Morgan fingerprint density at radius 1 is 1.44 bits per heavy atom. The molecule has 0 aliphatic heterocycles. The van der Waals surface area contributed by atoms with Gasteiger partial charge in [0.2, 0.25) is 0 Å². The molecule has 0 unspecified atom stereocenters. The summed E-state index contributed by atoms with van der Waals surface area (Å²) in [5.41, 5.74) is 0.439. The molecule has 0 spiro atoms. The van der Waals surface area contributed by atoms with Crippen molar-refractivity contribution in [3.8, 4) is 0 Å². The van der Waals surface area contributed by atoms with Crippen molar-refractivity contribution in [2.45, 2.75) is 6.92 Å². The Morgan fingerprint density at radius 3 is 2.61 bits per heavy atom. The third-order valence-corrected chi connectivity index (χ3v) is 3.62. The molecule has 98 valence electrons. The number of carbonyl (C=O) groups is 2. The third-order valence-electron chi connectivity index (χ3n) is 2.38. The van der Waals surface area contributed by atoms with Gasteiger partial charge in [-0.15, -0.1) is 0 Å². The van der Waals surface area contributed by atoms with Gasteiger partial charge in [0.1, 0.15) is 6.54 Å². The van der Waals surface area contributed by atoms with E-state index in [-0.39, 0.29) is 12.5 Å². The molecule has 0 saturated heterocycles. The zero-order valence-corrected chi connectivity index (χ0v) is 12.4. The first-order chi connectivity index (χ1) is 8.49. The normalized spacial score (nSPS) is 10.0. The number of benzene rings is 1. The van der Waals surface area contributed by atoms with Crippen LogP contribution in [0.5, 0.6) is 0 Å². The van der Waals surface area contributed by atoms with E-state index in [1.165, 1.54) is 12.0 Å². The first kappa shape index (κ1) is 15.0. The molecule has 0 aliphatic rings. The summed E-state index contributed by atoms with van der Waals surface area (Å²) < 4.78 is 5.26. The monoisotopic (exact) mass is 333 g/mol. The van der Waals surface area contributed by atoms with E-state index in [9.17, 15) is 9.59 Å². The van der Waals surface area contributed by atoms with Crippen molar-refractivity contribution in [1.82, 2.24) is 4.90 Å². The molecule has 0 aliphatic carbocycles. The summed E-state index contributed by atoms with van der Waals surface area (Å²) in [6.45, 7) is 2.14. The van der Waals surface area contributed by atoms with Crippen molar-refractivity contribution < 1.29 is 14.3 Å². The predicted molar refractivity (Wildman–Crippen MR) is 72.7 cm³/mol. The lowest BCUT2D eigenvalue weighted by Crippen LogP contribution is -2.36. The van der Waals surface area contributed by atoms with Gasteiger partial charge in [0.15, 0.2) is 0 Å². The van der Waals surface area contributed by atoms with E-state index in [2.05, 4.69) is 20.7 Å². The molecule has 4 nitrogen and oxygen atoms in total. The maximum Gasteiger partial charge on any atom is 0.325 e. The van der Waals surface area contributed by atoms with Gasteiger partial charge in [0.25, 0.3) is 5.91 Å². The van der Waals surface area contributed by atoms with E-state index in [0.29, 0.717) is 17.1 Å². The molecule has 1 aromatic carbocycles. The summed E-state index contributed by atoms with van der Waals surface area (Å²) in [5.74, 6) is -0.703. The molecule has 0 saturated carbocycles. The SMILES string of the molecule is CCN(CC(=O)OC)C(=O)c1ccc(Br)c(Cl)c1. The number of ether oxygens (including phenoxy) is 1. The molecule has 1 amide bonds. The number of hydrogen-bond acceptors (Lipinski definition) is 3. The van der Waals surface area contributed by atoms with Crippen LogP contribution in [0.15, 0.2) is 22.7 Å². The third kappa shape index (κ3) is 3.71. The smallest absolute Gasteiger partial charge is 0.325 e. The van der Waals surface area contributed by atoms with Crippen LogP contribution < -0.4 is 0 Å². The van der Waals surface area contributed by atoms with E-state index < -0.39 is 5.97 Å². The van der Waals surface area contributed by atoms with Gasteiger partial charge in [-0.2, -0.15) is 0 Å². The quantitative estimate of drug-likeness (QED) is 0.795. The minimum absolute atomic E-state index is 0.0699. The van der Waals surface area contributed by atoms with Gasteiger partial charge in [-0.3, -0.25) is 9.59 Å². The lowest BCUT2D eigenvalue weighted by Gasteiger charge is -2.19. The van der Waals surface area contributed by atoms with Crippen molar-refractivity contribution in [3.63, 3.8) is 0 Å². The maximum absolute atomic E-state index is 12.1. The van der Waals surface area contributed by atoms with Crippen LogP contribution in [0.2, 0.25) is 5.02 Å². The van der Waals surface area contributed by atoms with Crippen LogP contribution >= 0.6 is 27.5 Å². The minimum atomic E-state index is -0.451. The second-order valence-electron chi connectivity index (χ2n) is 3.52. The number of likely N-dealkylation sites (N-methyl/N-ethyl adjacent to an activating group) is 1. The number of methoxy groups -OCH3 is 1. The summed E-state index contributed by atoms with van der Waals surface area (Å²) in [6, 6.07) is 4.91. The van der Waals surface area contributed by atoms with Crippen LogP contribution in [-0.4, -0.2) is 37.0 Å². The molecular weight excluding hydrogens is 321 g/mol. The van der Waals surface area contributed by atoms with Crippen molar-refractivity contribution in [2.24, 2.45) is 0 Å². The van der Waals surface area contributed by atoms with E-state index in [4.69, 9.17) is 11.6 Å². The van der Waals surface area contributed by atoms with Gasteiger partial charge in [-0.25, -0.2) is 0 Å². The fourth-order valence-electron chi connectivity index (χ4n) is 1.36. The van der Waals surface area contributed by atoms with Crippen LogP contribution in [0.25, 0.3) is 0 Å². The Kier molecular flexibility index (Phi) is 5.62. The fourth-order valence-corrected chi connectivity index (χ4v) is 1.79. The molecule has 0 N–H and O–H groups in total. The Labute approximate surface area is 119 Å². The zero-order valence-electron chi connectivity index (χ0n) is 10.1. The molecule has 1 rings (SSSR count). The lowest BCUT2D eigenvalue weighted by molar-refractivity contribution is -0.141. The molecule has 6 heteroatoms. The first-order valence-electron chi connectivity index (χ1n) is 5.30. The van der Waals surface area contributed by atoms with Crippen molar-refractivity contribution >= 4 is 39.4 Å². The van der Waals surface area contributed by atoms with Crippen LogP contribution in [-0.2, 0) is 9.53 Å². The molecular formula is C12H13BrClNO3. The summed E-state index contributed by atoms with van der Waals surface area (Å²) in [7, 11) is 1.29. The molecule has 0 radical (unpaired) electrons. The average molecular weight is 335 g/mol.